The zero-order chi connectivity index (χ0) is 17.7. The van der Waals surface area contributed by atoms with Crippen molar-refractivity contribution in [3.63, 3.8) is 0 Å². The molecule has 2 heterocycles. The summed E-state index contributed by atoms with van der Waals surface area (Å²) in [5.41, 5.74) is -0.749. The number of alkyl halides is 5. The Balaban J connectivity index is 1.86. The number of aromatic nitrogens is 1. The van der Waals surface area contributed by atoms with Gasteiger partial charge in [0.15, 0.2) is 0 Å². The Morgan fingerprint density at radius 3 is 2.58 bits per heavy atom. The minimum Gasteiger partial charge on any atom is -0.357 e. The van der Waals surface area contributed by atoms with Crippen LogP contribution in [0.1, 0.15) is 24.8 Å². The first-order chi connectivity index (χ1) is 11.3. The van der Waals surface area contributed by atoms with Gasteiger partial charge in [-0.1, -0.05) is 0 Å². The van der Waals surface area contributed by atoms with Crippen LogP contribution in [0.15, 0.2) is 18.3 Å². The van der Waals surface area contributed by atoms with Crippen LogP contribution in [-0.2, 0) is 11.0 Å². The van der Waals surface area contributed by atoms with Crippen LogP contribution in [0, 0.1) is 5.92 Å². The molecule has 1 aliphatic heterocycles. The van der Waals surface area contributed by atoms with Gasteiger partial charge in [0, 0.05) is 25.7 Å². The molecule has 0 aromatic carbocycles. The third-order valence-electron chi connectivity index (χ3n) is 3.94. The summed E-state index contributed by atoms with van der Waals surface area (Å²) < 4.78 is 62.2. The fourth-order valence-corrected chi connectivity index (χ4v) is 2.66. The summed E-state index contributed by atoms with van der Waals surface area (Å²) in [6, 6.07) is 1.93. The van der Waals surface area contributed by atoms with Gasteiger partial charge in [0.05, 0.1) is 12.1 Å². The number of anilines is 1. The largest absolute Gasteiger partial charge is 0.416 e. The molecule has 0 bridgehead atoms. The number of hydrogen-bond acceptors (Lipinski definition) is 3. The summed E-state index contributed by atoms with van der Waals surface area (Å²) in [4.78, 5) is 17.2. The molecule has 1 fully saturated rings. The molecule has 1 amide bonds. The van der Waals surface area contributed by atoms with Crippen LogP contribution >= 0.6 is 0 Å². The van der Waals surface area contributed by atoms with Gasteiger partial charge in [-0.15, -0.1) is 0 Å². The Morgan fingerprint density at radius 1 is 1.33 bits per heavy atom. The van der Waals surface area contributed by atoms with Crippen molar-refractivity contribution < 1.29 is 26.7 Å². The van der Waals surface area contributed by atoms with Crippen LogP contribution in [0.25, 0.3) is 0 Å². The van der Waals surface area contributed by atoms with Crippen molar-refractivity contribution in [2.75, 3.05) is 24.5 Å². The Bertz CT molecular complexity index is 556. The fraction of sp³-hybridized carbons (Fsp3) is 0.600. The van der Waals surface area contributed by atoms with E-state index in [1.165, 1.54) is 0 Å². The molecule has 2 rings (SSSR count). The molecule has 0 aliphatic carbocycles. The SMILES string of the molecule is O=C(CC1CCN(c2cc(C(F)(F)F)ccn2)CC1)NCC(F)F. The number of nitrogens with one attached hydrogen (secondary N) is 1. The van der Waals surface area contributed by atoms with Crippen molar-refractivity contribution in [3.8, 4) is 0 Å². The Labute approximate surface area is 136 Å². The smallest absolute Gasteiger partial charge is 0.357 e. The number of amides is 1. The second-order valence-electron chi connectivity index (χ2n) is 5.73. The summed E-state index contributed by atoms with van der Waals surface area (Å²) in [7, 11) is 0. The number of carbonyl (C=O) groups is 1. The first-order valence-electron chi connectivity index (χ1n) is 7.58. The molecular weight excluding hydrogens is 333 g/mol. The molecule has 0 atom stereocenters. The monoisotopic (exact) mass is 351 g/mol. The van der Waals surface area contributed by atoms with Gasteiger partial charge in [-0.05, 0) is 30.9 Å². The normalized spacial score (nSPS) is 16.5. The molecule has 1 aromatic rings. The lowest BCUT2D eigenvalue weighted by Gasteiger charge is -2.32. The van der Waals surface area contributed by atoms with Gasteiger partial charge in [-0.25, -0.2) is 13.8 Å². The highest BCUT2D eigenvalue weighted by atomic mass is 19.4. The Morgan fingerprint density at radius 2 is 2.00 bits per heavy atom. The first kappa shape index (κ1) is 18.4. The maximum atomic E-state index is 12.7. The number of piperidine rings is 1. The zero-order valence-electron chi connectivity index (χ0n) is 12.8. The van der Waals surface area contributed by atoms with E-state index in [9.17, 15) is 26.7 Å². The summed E-state index contributed by atoms with van der Waals surface area (Å²) in [5, 5.41) is 2.16. The third kappa shape index (κ3) is 5.31. The number of nitrogens with zero attached hydrogens (tertiary/aromatic N) is 2. The molecule has 4 nitrogen and oxygen atoms in total. The molecule has 0 spiro atoms. The zero-order valence-corrected chi connectivity index (χ0v) is 12.8. The van der Waals surface area contributed by atoms with Crippen molar-refractivity contribution in [2.24, 2.45) is 5.92 Å². The van der Waals surface area contributed by atoms with Crippen molar-refractivity contribution in [3.05, 3.63) is 23.9 Å². The molecule has 1 N–H and O–H groups in total. The molecule has 1 saturated heterocycles. The predicted molar refractivity (Wildman–Crippen MR) is 77.8 cm³/mol. The van der Waals surface area contributed by atoms with Crippen LogP contribution in [0.5, 0.6) is 0 Å². The van der Waals surface area contributed by atoms with Gasteiger partial charge in [-0.2, -0.15) is 13.2 Å². The van der Waals surface area contributed by atoms with Gasteiger partial charge in [0.25, 0.3) is 6.43 Å². The summed E-state index contributed by atoms with van der Waals surface area (Å²) in [6.07, 6.45) is -4.53. The van der Waals surface area contributed by atoms with E-state index >= 15 is 0 Å². The van der Waals surface area contributed by atoms with Gasteiger partial charge in [0.2, 0.25) is 5.91 Å². The molecule has 0 saturated carbocycles. The molecule has 134 valence electrons. The summed E-state index contributed by atoms with van der Waals surface area (Å²) >= 11 is 0. The van der Waals surface area contributed by atoms with Crippen LogP contribution in [-0.4, -0.2) is 37.0 Å². The second kappa shape index (κ2) is 7.76. The number of carbonyl (C=O) groups excluding carboxylic acids is 1. The first-order valence-corrected chi connectivity index (χ1v) is 7.58. The van der Waals surface area contributed by atoms with E-state index in [0.29, 0.717) is 25.9 Å². The van der Waals surface area contributed by atoms with Crippen LogP contribution in [0.4, 0.5) is 27.8 Å². The van der Waals surface area contributed by atoms with E-state index in [1.807, 2.05) is 0 Å². The van der Waals surface area contributed by atoms with Crippen LogP contribution < -0.4 is 10.2 Å². The van der Waals surface area contributed by atoms with E-state index in [1.54, 1.807) is 4.90 Å². The number of hydrogen-bond donors (Lipinski definition) is 1. The van der Waals surface area contributed by atoms with Gasteiger partial charge >= 0.3 is 6.18 Å². The van der Waals surface area contributed by atoms with Crippen molar-refractivity contribution >= 4 is 11.7 Å². The lowest BCUT2D eigenvalue weighted by Crippen LogP contribution is -2.37. The minimum atomic E-state index is -4.42. The van der Waals surface area contributed by atoms with Crippen molar-refractivity contribution in [1.82, 2.24) is 10.3 Å². The Hall–Kier alpha value is -1.93. The lowest BCUT2D eigenvalue weighted by molar-refractivity contribution is -0.137. The quantitative estimate of drug-likeness (QED) is 0.830. The lowest BCUT2D eigenvalue weighted by atomic mass is 9.93. The molecule has 0 unspecified atom stereocenters. The molecule has 0 radical (unpaired) electrons. The van der Waals surface area contributed by atoms with E-state index in [2.05, 4.69) is 10.3 Å². The maximum Gasteiger partial charge on any atom is 0.416 e. The van der Waals surface area contributed by atoms with E-state index in [-0.39, 0.29) is 18.2 Å². The highest BCUT2D eigenvalue weighted by Gasteiger charge is 2.31. The number of pyridine rings is 1. The fourth-order valence-electron chi connectivity index (χ4n) is 2.66. The predicted octanol–water partition coefficient (Wildman–Crippen LogP) is 3.09. The Kier molecular flexibility index (Phi) is 5.95. The van der Waals surface area contributed by atoms with Crippen molar-refractivity contribution in [1.29, 1.82) is 0 Å². The standard InChI is InChI=1S/C15H18F5N3O/c16-12(17)9-22-14(24)7-10-2-5-23(6-3-10)13-8-11(1-4-21-13)15(18,19)20/h1,4,8,10,12H,2-3,5-7,9H2,(H,22,24). The molecule has 24 heavy (non-hydrogen) atoms. The minimum absolute atomic E-state index is 0.0321. The van der Waals surface area contributed by atoms with Crippen molar-refractivity contribution in [2.45, 2.75) is 31.9 Å². The molecule has 9 heteroatoms. The average molecular weight is 351 g/mol. The van der Waals surface area contributed by atoms with E-state index < -0.39 is 30.6 Å². The number of rotatable bonds is 5. The van der Waals surface area contributed by atoms with Gasteiger partial charge in [-0.3, -0.25) is 4.79 Å². The number of halogens is 5. The van der Waals surface area contributed by atoms with Gasteiger partial charge < -0.3 is 10.2 Å². The van der Waals surface area contributed by atoms with E-state index in [4.69, 9.17) is 0 Å². The summed E-state index contributed by atoms with van der Waals surface area (Å²) in [5.74, 6) is -0.138. The maximum absolute atomic E-state index is 12.7. The molecule has 1 aliphatic rings. The highest BCUT2D eigenvalue weighted by Crippen LogP contribution is 2.32. The van der Waals surface area contributed by atoms with E-state index in [0.717, 1.165) is 18.3 Å². The van der Waals surface area contributed by atoms with Crippen LogP contribution in [0.3, 0.4) is 0 Å². The third-order valence-corrected chi connectivity index (χ3v) is 3.94. The molecular formula is C15H18F5N3O. The second-order valence-corrected chi connectivity index (χ2v) is 5.73. The molecule has 1 aromatic heterocycles. The highest BCUT2D eigenvalue weighted by molar-refractivity contribution is 5.76. The van der Waals surface area contributed by atoms with Crippen LogP contribution in [0.2, 0.25) is 0 Å². The average Bonchev–Trinajstić information content (AvgIpc) is 2.53. The van der Waals surface area contributed by atoms with Gasteiger partial charge in [0.1, 0.15) is 5.82 Å². The topological polar surface area (TPSA) is 45.2 Å². The summed E-state index contributed by atoms with van der Waals surface area (Å²) in [6.45, 7) is 0.286.